The second kappa shape index (κ2) is 8.44. The molecule has 5 nitrogen and oxygen atoms in total. The lowest BCUT2D eigenvalue weighted by molar-refractivity contribution is -0.111. The molecule has 0 atom stereocenters. The SMILES string of the molecule is CC(C)(C)OC(=O)Nc1ccc(F)cc1NC(=O)/C=C/c1ccc(F)cc1. The Hall–Kier alpha value is -3.22. The summed E-state index contributed by atoms with van der Waals surface area (Å²) in [4.78, 5) is 24.0. The Labute approximate surface area is 156 Å². The molecule has 2 N–H and O–H groups in total. The molecule has 0 heterocycles. The largest absolute Gasteiger partial charge is 0.444 e. The Balaban J connectivity index is 2.10. The number of carbonyl (C=O) groups excluding carboxylic acids is 2. The fourth-order valence-corrected chi connectivity index (χ4v) is 2.06. The van der Waals surface area contributed by atoms with Crippen LogP contribution in [0.5, 0.6) is 0 Å². The molecule has 0 saturated heterocycles. The third-order valence-corrected chi connectivity index (χ3v) is 3.17. The smallest absolute Gasteiger partial charge is 0.412 e. The molecule has 27 heavy (non-hydrogen) atoms. The topological polar surface area (TPSA) is 67.4 Å². The highest BCUT2D eigenvalue weighted by Gasteiger charge is 2.17. The van der Waals surface area contributed by atoms with Crippen LogP contribution < -0.4 is 10.6 Å². The van der Waals surface area contributed by atoms with Crippen LogP contribution in [0.3, 0.4) is 0 Å². The minimum atomic E-state index is -0.730. The molecule has 0 aliphatic rings. The zero-order valence-corrected chi connectivity index (χ0v) is 15.2. The molecular weight excluding hydrogens is 354 g/mol. The van der Waals surface area contributed by atoms with Crippen molar-refractivity contribution in [2.45, 2.75) is 26.4 Å². The monoisotopic (exact) mass is 374 g/mol. The molecule has 2 aromatic rings. The first-order valence-corrected chi connectivity index (χ1v) is 8.16. The number of hydrogen-bond acceptors (Lipinski definition) is 3. The quantitative estimate of drug-likeness (QED) is 0.743. The molecule has 0 aliphatic carbocycles. The molecule has 0 bridgehead atoms. The number of amides is 2. The normalized spacial score (nSPS) is 11.3. The summed E-state index contributed by atoms with van der Waals surface area (Å²) in [5.74, 6) is -1.51. The summed E-state index contributed by atoms with van der Waals surface area (Å²) < 4.78 is 31.6. The Bertz CT molecular complexity index is 857. The number of carbonyl (C=O) groups is 2. The Kier molecular flexibility index (Phi) is 6.28. The van der Waals surface area contributed by atoms with Gasteiger partial charge in [0.25, 0.3) is 0 Å². The number of benzene rings is 2. The Morgan fingerprint density at radius 3 is 2.19 bits per heavy atom. The molecule has 142 valence electrons. The molecule has 7 heteroatoms. The van der Waals surface area contributed by atoms with Crippen molar-refractivity contribution in [2.24, 2.45) is 0 Å². The molecule has 2 aromatic carbocycles. The molecule has 2 rings (SSSR count). The second-order valence-corrected chi connectivity index (χ2v) is 6.69. The summed E-state index contributed by atoms with van der Waals surface area (Å²) in [6.45, 7) is 5.13. The highest BCUT2D eigenvalue weighted by Crippen LogP contribution is 2.24. The number of anilines is 2. The van der Waals surface area contributed by atoms with Crippen molar-refractivity contribution in [3.8, 4) is 0 Å². The molecule has 2 amide bonds. The van der Waals surface area contributed by atoms with Crippen molar-refractivity contribution in [2.75, 3.05) is 10.6 Å². The third-order valence-electron chi connectivity index (χ3n) is 3.17. The summed E-state index contributed by atoms with van der Waals surface area (Å²) in [6.07, 6.45) is 1.97. The highest BCUT2D eigenvalue weighted by molar-refractivity contribution is 6.05. The molecule has 0 aliphatic heterocycles. The van der Waals surface area contributed by atoms with E-state index in [1.807, 2.05) is 0 Å². The minimum absolute atomic E-state index is 0.0783. The van der Waals surface area contributed by atoms with Crippen molar-refractivity contribution in [3.63, 3.8) is 0 Å². The number of hydrogen-bond donors (Lipinski definition) is 2. The first kappa shape index (κ1) is 20.1. The number of ether oxygens (including phenoxy) is 1. The van der Waals surface area contributed by atoms with Crippen molar-refractivity contribution in [3.05, 3.63) is 65.7 Å². The van der Waals surface area contributed by atoms with Gasteiger partial charge in [0.1, 0.15) is 17.2 Å². The van der Waals surface area contributed by atoms with E-state index >= 15 is 0 Å². The zero-order valence-electron chi connectivity index (χ0n) is 15.2. The highest BCUT2D eigenvalue weighted by atomic mass is 19.1. The van der Waals surface area contributed by atoms with Gasteiger partial charge in [-0.05, 0) is 62.7 Å². The van der Waals surface area contributed by atoms with Gasteiger partial charge < -0.3 is 10.1 Å². The van der Waals surface area contributed by atoms with Crippen LogP contribution >= 0.6 is 0 Å². The Morgan fingerprint density at radius 1 is 0.926 bits per heavy atom. The lowest BCUT2D eigenvalue weighted by Gasteiger charge is -2.20. The molecule has 0 unspecified atom stereocenters. The van der Waals surface area contributed by atoms with E-state index in [9.17, 15) is 18.4 Å². The van der Waals surface area contributed by atoms with Crippen molar-refractivity contribution < 1.29 is 23.1 Å². The third kappa shape index (κ3) is 6.89. The van der Waals surface area contributed by atoms with Gasteiger partial charge in [0.15, 0.2) is 0 Å². The standard InChI is InChI=1S/C20H20F2N2O3/c1-20(2,3)27-19(26)24-16-10-9-15(22)12-17(16)23-18(25)11-6-13-4-7-14(21)8-5-13/h4-12H,1-3H3,(H,23,25)(H,24,26)/b11-6+. The second-order valence-electron chi connectivity index (χ2n) is 6.69. The van der Waals surface area contributed by atoms with Gasteiger partial charge in [0, 0.05) is 6.08 Å². The first-order chi connectivity index (χ1) is 12.6. The van der Waals surface area contributed by atoms with Crippen molar-refractivity contribution in [1.82, 2.24) is 0 Å². The maximum Gasteiger partial charge on any atom is 0.412 e. The molecule has 0 spiro atoms. The number of rotatable bonds is 4. The first-order valence-electron chi connectivity index (χ1n) is 8.16. The van der Waals surface area contributed by atoms with E-state index in [0.29, 0.717) is 5.56 Å². The van der Waals surface area contributed by atoms with Crippen molar-refractivity contribution in [1.29, 1.82) is 0 Å². The lowest BCUT2D eigenvalue weighted by atomic mass is 10.2. The van der Waals surface area contributed by atoms with E-state index in [4.69, 9.17) is 4.74 Å². The predicted molar refractivity (Wildman–Crippen MR) is 100 cm³/mol. The number of halogens is 2. The molecular formula is C20H20F2N2O3. The van der Waals surface area contributed by atoms with Crippen LogP contribution in [0.4, 0.5) is 25.0 Å². The van der Waals surface area contributed by atoms with Crippen LogP contribution in [-0.4, -0.2) is 17.6 Å². The number of nitrogens with one attached hydrogen (secondary N) is 2. The zero-order chi connectivity index (χ0) is 20.0. The average Bonchev–Trinajstić information content (AvgIpc) is 2.55. The summed E-state index contributed by atoms with van der Waals surface area (Å²) in [5.41, 5.74) is 0.188. The minimum Gasteiger partial charge on any atom is -0.444 e. The summed E-state index contributed by atoms with van der Waals surface area (Å²) in [5, 5.41) is 4.96. The van der Waals surface area contributed by atoms with Crippen molar-refractivity contribution >= 4 is 29.5 Å². The van der Waals surface area contributed by atoms with Gasteiger partial charge in [0.05, 0.1) is 11.4 Å². The van der Waals surface area contributed by atoms with Gasteiger partial charge in [-0.3, -0.25) is 10.1 Å². The summed E-state index contributed by atoms with van der Waals surface area (Å²) in [7, 11) is 0. The molecule has 0 radical (unpaired) electrons. The van der Waals surface area contributed by atoms with Crippen LogP contribution in [-0.2, 0) is 9.53 Å². The lowest BCUT2D eigenvalue weighted by Crippen LogP contribution is -2.27. The van der Waals surface area contributed by atoms with E-state index in [-0.39, 0.29) is 17.2 Å². The fraction of sp³-hybridized carbons (Fsp3) is 0.200. The fourth-order valence-electron chi connectivity index (χ4n) is 2.06. The maximum absolute atomic E-state index is 13.5. The van der Waals surface area contributed by atoms with Gasteiger partial charge in [0.2, 0.25) is 5.91 Å². The summed E-state index contributed by atoms with van der Waals surface area (Å²) >= 11 is 0. The van der Waals surface area contributed by atoms with Crippen LogP contribution in [0, 0.1) is 11.6 Å². The molecule has 0 aromatic heterocycles. The van der Waals surface area contributed by atoms with E-state index in [2.05, 4.69) is 10.6 Å². The Morgan fingerprint density at radius 2 is 1.56 bits per heavy atom. The van der Waals surface area contributed by atoms with E-state index < -0.39 is 23.4 Å². The van der Waals surface area contributed by atoms with Crippen LogP contribution in [0.15, 0.2) is 48.5 Å². The average molecular weight is 374 g/mol. The van der Waals surface area contributed by atoms with E-state index in [1.165, 1.54) is 42.5 Å². The van der Waals surface area contributed by atoms with Gasteiger partial charge >= 0.3 is 6.09 Å². The van der Waals surface area contributed by atoms with Gasteiger partial charge in [-0.1, -0.05) is 12.1 Å². The predicted octanol–water partition coefficient (Wildman–Crippen LogP) is 4.96. The molecule has 0 saturated carbocycles. The van der Waals surface area contributed by atoms with Gasteiger partial charge in [-0.2, -0.15) is 0 Å². The van der Waals surface area contributed by atoms with Crippen LogP contribution in [0.1, 0.15) is 26.3 Å². The van der Waals surface area contributed by atoms with Crippen LogP contribution in [0.2, 0.25) is 0 Å². The van der Waals surface area contributed by atoms with E-state index in [1.54, 1.807) is 20.8 Å². The van der Waals surface area contributed by atoms with E-state index in [0.717, 1.165) is 12.1 Å². The molecule has 0 fully saturated rings. The van der Waals surface area contributed by atoms with Gasteiger partial charge in [-0.15, -0.1) is 0 Å². The van der Waals surface area contributed by atoms with Gasteiger partial charge in [-0.25, -0.2) is 13.6 Å². The maximum atomic E-state index is 13.5. The van der Waals surface area contributed by atoms with Crippen LogP contribution in [0.25, 0.3) is 6.08 Å². The summed E-state index contributed by atoms with van der Waals surface area (Å²) in [6, 6.07) is 9.11.